The number of ether oxygens (including phenoxy) is 1. The van der Waals surface area contributed by atoms with E-state index in [0.717, 1.165) is 54.1 Å². The maximum Gasteiger partial charge on any atom is 0.410 e. The number of rotatable bonds is 8. The van der Waals surface area contributed by atoms with Gasteiger partial charge in [-0.3, -0.25) is 4.90 Å². The summed E-state index contributed by atoms with van der Waals surface area (Å²) < 4.78 is 7.12. The van der Waals surface area contributed by atoms with Gasteiger partial charge in [0.05, 0.1) is 0 Å². The van der Waals surface area contributed by atoms with Crippen molar-refractivity contribution in [1.82, 2.24) is 4.90 Å². The van der Waals surface area contributed by atoms with Crippen molar-refractivity contribution in [3.05, 3.63) is 33.4 Å². The minimum Gasteiger partial charge on any atom is -0.465 e. The lowest BCUT2D eigenvalue weighted by Gasteiger charge is -2.47. The zero-order chi connectivity index (χ0) is 18.3. The maximum absolute atomic E-state index is 12.4. The standard InChI is InChI=1S/C20H30INO3/c1-3-4-10-15-20(25-2,17-13-8-9-14-18(17)21)22(19(23)24)16-11-6-5-7-12-16/h8-9,13-14,16H,3-7,10-12,15H2,1-2H3,(H,23,24)/t20-/m1/s1. The van der Waals surface area contributed by atoms with Gasteiger partial charge in [-0.1, -0.05) is 57.2 Å². The zero-order valence-corrected chi connectivity index (χ0v) is 17.5. The van der Waals surface area contributed by atoms with Crippen molar-refractivity contribution in [2.24, 2.45) is 0 Å². The van der Waals surface area contributed by atoms with Crippen molar-refractivity contribution in [1.29, 1.82) is 0 Å². The van der Waals surface area contributed by atoms with Crippen molar-refractivity contribution in [2.75, 3.05) is 7.11 Å². The Labute approximate surface area is 165 Å². The molecule has 0 spiro atoms. The number of nitrogens with zero attached hydrogens (tertiary/aromatic N) is 1. The SMILES string of the molecule is CCCCC[C@@](OC)(c1ccccc1I)N(C(=O)O)C1CCCCC1. The number of unbranched alkanes of at least 4 members (excludes halogenated alkanes) is 2. The van der Waals surface area contributed by atoms with Crippen LogP contribution in [0.3, 0.4) is 0 Å². The van der Waals surface area contributed by atoms with Gasteiger partial charge in [-0.2, -0.15) is 0 Å². The molecule has 1 fully saturated rings. The van der Waals surface area contributed by atoms with Gasteiger partial charge < -0.3 is 9.84 Å². The number of methoxy groups -OCH3 is 1. The lowest BCUT2D eigenvalue weighted by atomic mass is 9.88. The van der Waals surface area contributed by atoms with E-state index in [4.69, 9.17) is 4.74 Å². The first kappa shape index (κ1) is 20.5. The predicted octanol–water partition coefficient (Wildman–Crippen LogP) is 5.98. The number of hydrogen-bond acceptors (Lipinski definition) is 2. The molecule has 1 amide bonds. The number of carboxylic acid groups (broad SMARTS) is 1. The Morgan fingerprint density at radius 3 is 2.52 bits per heavy atom. The third kappa shape index (κ3) is 4.67. The molecule has 25 heavy (non-hydrogen) atoms. The average Bonchev–Trinajstić information content (AvgIpc) is 2.62. The monoisotopic (exact) mass is 459 g/mol. The van der Waals surface area contributed by atoms with Gasteiger partial charge in [0.25, 0.3) is 0 Å². The quantitative estimate of drug-likeness (QED) is 0.296. The van der Waals surface area contributed by atoms with E-state index in [1.54, 1.807) is 12.0 Å². The third-order valence-electron chi connectivity index (χ3n) is 5.29. The van der Waals surface area contributed by atoms with Crippen LogP contribution in [0.1, 0.15) is 70.3 Å². The van der Waals surface area contributed by atoms with Crippen LogP contribution in [0, 0.1) is 3.57 Å². The van der Waals surface area contributed by atoms with E-state index in [1.165, 1.54) is 6.42 Å². The summed E-state index contributed by atoms with van der Waals surface area (Å²) in [4.78, 5) is 14.0. The molecule has 0 aromatic heterocycles. The fourth-order valence-corrected chi connectivity index (χ4v) is 4.84. The lowest BCUT2D eigenvalue weighted by Crippen LogP contribution is -2.56. The van der Waals surface area contributed by atoms with Crippen LogP contribution in [0.5, 0.6) is 0 Å². The van der Waals surface area contributed by atoms with Gasteiger partial charge in [0.2, 0.25) is 0 Å². The summed E-state index contributed by atoms with van der Waals surface area (Å²) in [5.41, 5.74) is 0.0722. The Bertz CT molecular complexity index is 560. The molecule has 0 unspecified atom stereocenters. The van der Waals surface area contributed by atoms with Crippen LogP contribution in [0.25, 0.3) is 0 Å². The smallest absolute Gasteiger partial charge is 0.410 e. The van der Waals surface area contributed by atoms with Crippen LogP contribution in [-0.2, 0) is 10.5 Å². The largest absolute Gasteiger partial charge is 0.465 e. The summed E-state index contributed by atoms with van der Waals surface area (Å²) in [6, 6.07) is 8.05. The number of benzene rings is 1. The Hall–Kier alpha value is -0.820. The molecule has 0 bridgehead atoms. The third-order valence-corrected chi connectivity index (χ3v) is 6.23. The topological polar surface area (TPSA) is 49.8 Å². The molecule has 0 saturated heterocycles. The maximum atomic E-state index is 12.4. The molecule has 0 aliphatic heterocycles. The second-order valence-electron chi connectivity index (χ2n) is 6.87. The first-order chi connectivity index (χ1) is 12.1. The first-order valence-corrected chi connectivity index (χ1v) is 10.5. The highest BCUT2D eigenvalue weighted by Crippen LogP contribution is 2.41. The van der Waals surface area contributed by atoms with E-state index in [2.05, 4.69) is 29.5 Å². The summed E-state index contributed by atoms with van der Waals surface area (Å²) in [6.07, 6.45) is 8.18. The second kappa shape index (κ2) is 9.76. The van der Waals surface area contributed by atoms with Crippen LogP contribution in [-0.4, -0.2) is 29.3 Å². The highest BCUT2D eigenvalue weighted by Gasteiger charge is 2.46. The van der Waals surface area contributed by atoms with Crippen molar-refractivity contribution in [2.45, 2.75) is 76.5 Å². The molecule has 1 atom stereocenters. The van der Waals surface area contributed by atoms with Crippen molar-refractivity contribution in [3.63, 3.8) is 0 Å². The van der Waals surface area contributed by atoms with E-state index in [-0.39, 0.29) is 6.04 Å². The molecule has 2 rings (SSSR count). The van der Waals surface area contributed by atoms with Gasteiger partial charge in [0, 0.05) is 28.7 Å². The molecular formula is C20H30INO3. The van der Waals surface area contributed by atoms with E-state index in [1.807, 2.05) is 24.3 Å². The van der Waals surface area contributed by atoms with Crippen LogP contribution in [0.2, 0.25) is 0 Å². The molecule has 4 nitrogen and oxygen atoms in total. The van der Waals surface area contributed by atoms with Crippen LogP contribution in [0.15, 0.2) is 24.3 Å². The first-order valence-electron chi connectivity index (χ1n) is 9.39. The zero-order valence-electron chi connectivity index (χ0n) is 15.3. The van der Waals surface area contributed by atoms with Gasteiger partial charge in [-0.05, 0) is 47.9 Å². The van der Waals surface area contributed by atoms with Gasteiger partial charge in [-0.25, -0.2) is 4.79 Å². The van der Waals surface area contributed by atoms with Crippen molar-refractivity contribution in [3.8, 4) is 0 Å². The molecule has 1 N–H and O–H groups in total. The molecule has 1 aliphatic carbocycles. The molecule has 1 aliphatic rings. The molecule has 140 valence electrons. The van der Waals surface area contributed by atoms with E-state index >= 15 is 0 Å². The molecular weight excluding hydrogens is 429 g/mol. The predicted molar refractivity (Wildman–Crippen MR) is 109 cm³/mol. The number of hydrogen-bond donors (Lipinski definition) is 1. The summed E-state index contributed by atoms with van der Waals surface area (Å²) in [5.74, 6) is 0. The van der Waals surface area contributed by atoms with Crippen molar-refractivity contribution < 1.29 is 14.6 Å². The van der Waals surface area contributed by atoms with Gasteiger partial charge in [-0.15, -0.1) is 0 Å². The highest BCUT2D eigenvalue weighted by molar-refractivity contribution is 14.1. The second-order valence-corrected chi connectivity index (χ2v) is 8.03. The van der Waals surface area contributed by atoms with E-state index < -0.39 is 11.8 Å². The molecule has 1 aromatic rings. The molecule has 1 saturated carbocycles. The number of halogens is 1. The van der Waals surface area contributed by atoms with Crippen molar-refractivity contribution >= 4 is 28.7 Å². The van der Waals surface area contributed by atoms with E-state index in [9.17, 15) is 9.90 Å². The molecule has 5 heteroatoms. The lowest BCUT2D eigenvalue weighted by molar-refractivity contribution is -0.154. The Morgan fingerprint density at radius 1 is 1.28 bits per heavy atom. The minimum atomic E-state index is -0.902. The van der Waals surface area contributed by atoms with Gasteiger partial charge in [0.1, 0.15) is 0 Å². The normalized spacial score (nSPS) is 17.9. The van der Waals surface area contributed by atoms with Crippen LogP contribution >= 0.6 is 22.6 Å². The Kier molecular flexibility index (Phi) is 8.00. The molecule has 0 heterocycles. The minimum absolute atomic E-state index is 0.0313. The van der Waals surface area contributed by atoms with Gasteiger partial charge in [0.15, 0.2) is 5.72 Å². The molecule has 0 radical (unpaired) electrons. The highest BCUT2D eigenvalue weighted by atomic mass is 127. The van der Waals surface area contributed by atoms with Crippen LogP contribution < -0.4 is 0 Å². The Balaban J connectivity index is 2.49. The fraction of sp³-hybridized carbons (Fsp3) is 0.650. The number of carbonyl (C=O) groups is 1. The van der Waals surface area contributed by atoms with Gasteiger partial charge >= 0.3 is 6.09 Å². The van der Waals surface area contributed by atoms with Crippen LogP contribution in [0.4, 0.5) is 4.79 Å². The average molecular weight is 459 g/mol. The van der Waals surface area contributed by atoms with E-state index in [0.29, 0.717) is 6.42 Å². The Morgan fingerprint density at radius 2 is 1.96 bits per heavy atom. The summed E-state index contributed by atoms with van der Waals surface area (Å²) in [5, 5.41) is 10.1. The summed E-state index contributed by atoms with van der Waals surface area (Å²) in [7, 11) is 1.66. The fourth-order valence-electron chi connectivity index (χ4n) is 4.03. The number of amides is 1. The summed E-state index contributed by atoms with van der Waals surface area (Å²) >= 11 is 2.30. The summed E-state index contributed by atoms with van der Waals surface area (Å²) in [6.45, 7) is 2.16. The molecule has 1 aromatic carbocycles.